The van der Waals surface area contributed by atoms with Crippen molar-refractivity contribution in [1.29, 1.82) is 0 Å². The highest BCUT2D eigenvalue weighted by molar-refractivity contribution is 5.63. The van der Waals surface area contributed by atoms with Crippen molar-refractivity contribution in [2.45, 2.75) is 33.1 Å². The molecule has 94 valence electrons. The summed E-state index contributed by atoms with van der Waals surface area (Å²) in [6, 6.07) is 12.9. The molecule has 0 unspecified atom stereocenters. The number of hydrogen-bond acceptors (Lipinski definition) is 0. The average Bonchev–Trinajstić information content (AvgIpc) is 2.29. The molecule has 2 rings (SSSR count). The van der Waals surface area contributed by atoms with Crippen molar-refractivity contribution in [2.75, 3.05) is 0 Å². The zero-order valence-electron chi connectivity index (χ0n) is 12.0. The van der Waals surface area contributed by atoms with Crippen LogP contribution in [0.5, 0.6) is 0 Å². The number of benzene rings is 1. The van der Waals surface area contributed by atoms with E-state index in [0.29, 0.717) is 0 Å². The predicted octanol–water partition coefficient (Wildman–Crippen LogP) is 3.78. The zero-order valence-corrected chi connectivity index (χ0v) is 12.0. The number of nitrogens with zero attached hydrogens (tertiary/aromatic N) is 1. The lowest BCUT2D eigenvalue weighted by Gasteiger charge is -2.22. The first-order valence-corrected chi connectivity index (χ1v) is 6.46. The van der Waals surface area contributed by atoms with Gasteiger partial charge in [0.1, 0.15) is 7.05 Å². The fourth-order valence-corrected chi connectivity index (χ4v) is 2.53. The van der Waals surface area contributed by atoms with E-state index >= 15 is 0 Å². The van der Waals surface area contributed by atoms with Crippen molar-refractivity contribution >= 4 is 0 Å². The smallest absolute Gasteiger partial charge is 0.201 e. The normalized spacial score (nSPS) is 11.6. The fourth-order valence-electron chi connectivity index (χ4n) is 2.53. The van der Waals surface area contributed by atoms with Crippen LogP contribution in [0, 0.1) is 6.92 Å². The van der Waals surface area contributed by atoms with Gasteiger partial charge in [-0.05, 0) is 35.6 Å². The maximum atomic E-state index is 2.27. The number of rotatable bonds is 1. The highest BCUT2D eigenvalue weighted by Crippen LogP contribution is 2.31. The Labute approximate surface area is 110 Å². The molecule has 0 atom stereocenters. The van der Waals surface area contributed by atoms with Gasteiger partial charge in [0.15, 0.2) is 6.20 Å². The van der Waals surface area contributed by atoms with Crippen molar-refractivity contribution < 1.29 is 4.57 Å². The molecular weight excluding hydrogens is 218 g/mol. The summed E-state index contributed by atoms with van der Waals surface area (Å²) in [5.74, 6) is 0. The van der Waals surface area contributed by atoms with Gasteiger partial charge < -0.3 is 0 Å². The van der Waals surface area contributed by atoms with Crippen LogP contribution in [0.3, 0.4) is 0 Å². The molecule has 0 N–H and O–H groups in total. The maximum Gasteiger partial charge on any atom is 0.212 e. The Morgan fingerprint density at radius 1 is 0.944 bits per heavy atom. The van der Waals surface area contributed by atoms with E-state index in [1.165, 1.54) is 22.4 Å². The maximum absolute atomic E-state index is 2.27. The molecule has 0 aliphatic rings. The first-order chi connectivity index (χ1) is 8.41. The van der Waals surface area contributed by atoms with E-state index in [2.05, 4.69) is 81.9 Å². The van der Waals surface area contributed by atoms with Gasteiger partial charge in [0, 0.05) is 17.7 Å². The van der Waals surface area contributed by atoms with E-state index in [4.69, 9.17) is 0 Å². The van der Waals surface area contributed by atoms with Gasteiger partial charge in [-0.15, -0.1) is 0 Å². The van der Waals surface area contributed by atoms with Crippen LogP contribution in [0.15, 0.2) is 42.6 Å². The predicted molar refractivity (Wildman–Crippen MR) is 76.5 cm³/mol. The lowest BCUT2D eigenvalue weighted by molar-refractivity contribution is -0.660. The van der Waals surface area contributed by atoms with Crippen LogP contribution < -0.4 is 4.57 Å². The van der Waals surface area contributed by atoms with Gasteiger partial charge >= 0.3 is 0 Å². The van der Waals surface area contributed by atoms with E-state index in [9.17, 15) is 0 Å². The molecule has 0 aliphatic carbocycles. The Hall–Kier alpha value is -1.63. The van der Waals surface area contributed by atoms with Crippen molar-refractivity contribution in [2.24, 2.45) is 7.05 Å². The third-order valence-electron chi connectivity index (χ3n) is 3.47. The van der Waals surface area contributed by atoms with Gasteiger partial charge in [0.25, 0.3) is 0 Å². The molecule has 0 saturated heterocycles. The molecule has 1 heterocycles. The lowest BCUT2D eigenvalue weighted by atomic mass is 9.82. The molecule has 0 bridgehead atoms. The highest BCUT2D eigenvalue weighted by atomic mass is 14.9. The van der Waals surface area contributed by atoms with Crippen molar-refractivity contribution in [3.63, 3.8) is 0 Å². The molecule has 18 heavy (non-hydrogen) atoms. The van der Waals surface area contributed by atoms with Gasteiger partial charge in [0.2, 0.25) is 5.69 Å². The first-order valence-electron chi connectivity index (χ1n) is 6.46. The monoisotopic (exact) mass is 240 g/mol. The SMILES string of the molecule is Cc1c(-c2cccc[n+]2C)cccc1C(C)(C)C. The van der Waals surface area contributed by atoms with E-state index < -0.39 is 0 Å². The number of hydrogen-bond donors (Lipinski definition) is 0. The Kier molecular flexibility index (Phi) is 3.25. The summed E-state index contributed by atoms with van der Waals surface area (Å²) in [4.78, 5) is 0. The molecule has 1 heteroatoms. The van der Waals surface area contributed by atoms with Crippen LogP contribution in [0.2, 0.25) is 0 Å². The molecule has 0 fully saturated rings. The van der Waals surface area contributed by atoms with Crippen LogP contribution >= 0.6 is 0 Å². The van der Waals surface area contributed by atoms with Crippen LogP contribution in [0.4, 0.5) is 0 Å². The van der Waals surface area contributed by atoms with Crippen LogP contribution in [-0.2, 0) is 12.5 Å². The number of aryl methyl sites for hydroxylation is 1. The molecule has 1 aromatic carbocycles. The van der Waals surface area contributed by atoms with Crippen LogP contribution in [-0.4, -0.2) is 0 Å². The quantitative estimate of drug-likeness (QED) is 0.668. The summed E-state index contributed by atoms with van der Waals surface area (Å²) in [7, 11) is 2.10. The summed E-state index contributed by atoms with van der Waals surface area (Å²) in [5, 5.41) is 0. The van der Waals surface area contributed by atoms with Gasteiger partial charge in [-0.2, -0.15) is 0 Å². The summed E-state index contributed by atoms with van der Waals surface area (Å²) < 4.78 is 2.18. The summed E-state index contributed by atoms with van der Waals surface area (Å²) >= 11 is 0. The van der Waals surface area contributed by atoms with Crippen LogP contribution in [0.25, 0.3) is 11.3 Å². The minimum Gasteiger partial charge on any atom is -0.201 e. The third-order valence-corrected chi connectivity index (χ3v) is 3.47. The van der Waals surface area contributed by atoms with Gasteiger partial charge in [-0.3, -0.25) is 0 Å². The lowest BCUT2D eigenvalue weighted by Crippen LogP contribution is -2.30. The molecule has 0 amide bonds. The molecule has 2 aromatic rings. The molecule has 0 aliphatic heterocycles. The van der Waals surface area contributed by atoms with Gasteiger partial charge in [0.05, 0.1) is 0 Å². The van der Waals surface area contributed by atoms with E-state index in [1.807, 2.05) is 0 Å². The second-order valence-electron chi connectivity index (χ2n) is 5.92. The minimum absolute atomic E-state index is 0.188. The van der Waals surface area contributed by atoms with Crippen molar-refractivity contribution in [1.82, 2.24) is 0 Å². The third kappa shape index (κ3) is 2.31. The Morgan fingerprint density at radius 3 is 2.28 bits per heavy atom. The van der Waals surface area contributed by atoms with Gasteiger partial charge in [-0.25, -0.2) is 4.57 Å². The Bertz CT molecular complexity index is 562. The van der Waals surface area contributed by atoms with Gasteiger partial charge in [-0.1, -0.05) is 32.9 Å². The van der Waals surface area contributed by atoms with E-state index in [-0.39, 0.29) is 5.41 Å². The topological polar surface area (TPSA) is 3.88 Å². The second-order valence-corrected chi connectivity index (χ2v) is 5.92. The Balaban J connectivity index is 2.64. The molecule has 0 spiro atoms. The standard InChI is InChI=1S/C17H22N/c1-13-14(16-11-6-7-12-18(16)5)9-8-10-15(13)17(2,3)4/h6-12H,1-5H3/q+1. The molecular formula is C17H22N+. The van der Waals surface area contributed by atoms with Crippen molar-refractivity contribution in [3.05, 3.63) is 53.7 Å². The van der Waals surface area contributed by atoms with Crippen LogP contribution in [0.1, 0.15) is 31.9 Å². The molecule has 1 nitrogen and oxygen atoms in total. The minimum atomic E-state index is 0.188. The van der Waals surface area contributed by atoms with Crippen molar-refractivity contribution in [3.8, 4) is 11.3 Å². The largest absolute Gasteiger partial charge is 0.212 e. The molecule has 0 saturated carbocycles. The second kappa shape index (κ2) is 4.56. The average molecular weight is 240 g/mol. The highest BCUT2D eigenvalue weighted by Gasteiger charge is 2.20. The molecule has 0 radical (unpaired) electrons. The number of pyridine rings is 1. The zero-order chi connectivity index (χ0) is 13.3. The fraction of sp³-hybridized carbons (Fsp3) is 0.353. The Morgan fingerprint density at radius 2 is 1.67 bits per heavy atom. The number of aromatic nitrogens is 1. The first kappa shape index (κ1) is 12.8. The van der Waals surface area contributed by atoms with E-state index in [0.717, 1.165) is 0 Å². The summed E-state index contributed by atoms with van der Waals surface area (Å²) in [6.07, 6.45) is 2.10. The summed E-state index contributed by atoms with van der Waals surface area (Å²) in [6.45, 7) is 9.03. The summed E-state index contributed by atoms with van der Waals surface area (Å²) in [5.41, 5.74) is 5.58. The van der Waals surface area contributed by atoms with E-state index in [1.54, 1.807) is 0 Å². The molecule has 1 aromatic heterocycles.